The molecular formula is C27H38N3O6P. The summed E-state index contributed by atoms with van der Waals surface area (Å²) >= 11 is 0. The third-order valence-electron chi connectivity index (χ3n) is 6.16. The SMILES string of the molecule is CC(C)N(C(C)C)P(O)OCc1ccc2ccccc2c1.Cc1cn([C@H]2CC[C@@H](CO)O2)c(=O)[nH]c1=O. The van der Waals surface area contributed by atoms with Crippen molar-refractivity contribution in [2.24, 2.45) is 0 Å². The molecule has 3 aromatic rings. The number of fused-ring (bicyclic) bond motifs is 1. The number of hydrogen-bond acceptors (Lipinski definition) is 7. The minimum absolute atomic E-state index is 0.0480. The predicted molar refractivity (Wildman–Crippen MR) is 146 cm³/mol. The fraction of sp³-hybridized carbons (Fsp3) is 0.481. The third-order valence-corrected chi connectivity index (χ3v) is 7.84. The second kappa shape index (κ2) is 13.4. The molecule has 0 amide bonds. The second-order valence-corrected chi connectivity index (χ2v) is 11.0. The standard InChI is InChI=1S/C17H24NO2P.C10H14N2O4/c1-13(2)18(14(3)4)21(19)20-12-15-9-10-16-7-5-6-8-17(16)11-15;1-6-4-12(10(15)11-9(6)14)8-3-2-7(5-13)16-8/h5-11,13-14,19H,12H2,1-4H3;4,7-8,13H,2-3,5H2,1H3,(H,11,14,15)/t;7-,8+/m.0/s1. The zero-order valence-electron chi connectivity index (χ0n) is 22.1. The summed E-state index contributed by atoms with van der Waals surface area (Å²) in [5.74, 6) is 0. The van der Waals surface area contributed by atoms with Gasteiger partial charge >= 0.3 is 5.69 Å². The highest BCUT2D eigenvalue weighted by Crippen LogP contribution is 2.41. The van der Waals surface area contributed by atoms with E-state index < -0.39 is 14.2 Å². The highest BCUT2D eigenvalue weighted by molar-refractivity contribution is 7.43. The van der Waals surface area contributed by atoms with E-state index in [1.54, 1.807) is 6.92 Å². The minimum Gasteiger partial charge on any atom is -0.394 e. The lowest BCUT2D eigenvalue weighted by Crippen LogP contribution is -2.33. The normalized spacial score (nSPS) is 18.4. The van der Waals surface area contributed by atoms with E-state index in [1.165, 1.54) is 21.5 Å². The van der Waals surface area contributed by atoms with Gasteiger partial charge in [0.1, 0.15) is 6.23 Å². The first-order valence-electron chi connectivity index (χ1n) is 12.6. The van der Waals surface area contributed by atoms with Gasteiger partial charge in [-0.2, -0.15) is 0 Å². The summed E-state index contributed by atoms with van der Waals surface area (Å²) in [5.41, 5.74) is 0.704. The highest BCUT2D eigenvalue weighted by atomic mass is 31.2. The summed E-state index contributed by atoms with van der Waals surface area (Å²) < 4.78 is 14.5. The molecule has 4 rings (SSSR count). The molecule has 9 nitrogen and oxygen atoms in total. The van der Waals surface area contributed by atoms with Gasteiger partial charge in [0.05, 0.1) is 19.3 Å². The van der Waals surface area contributed by atoms with Gasteiger partial charge in [0.2, 0.25) is 0 Å². The maximum Gasteiger partial charge on any atom is 0.330 e. The number of ether oxygens (including phenoxy) is 1. The molecule has 2 aromatic carbocycles. The molecule has 1 aliphatic rings. The van der Waals surface area contributed by atoms with Gasteiger partial charge in [-0.05, 0) is 69.9 Å². The number of aromatic amines is 1. The Kier molecular flexibility index (Phi) is 10.6. The lowest BCUT2D eigenvalue weighted by molar-refractivity contribution is -0.0247. The zero-order valence-corrected chi connectivity index (χ0v) is 23.0. The number of H-pyrrole nitrogens is 1. The molecule has 3 atom stereocenters. The molecule has 3 N–H and O–H groups in total. The van der Waals surface area contributed by atoms with E-state index in [9.17, 15) is 14.5 Å². The lowest BCUT2D eigenvalue weighted by atomic mass is 10.1. The summed E-state index contributed by atoms with van der Waals surface area (Å²) in [5, 5.41) is 11.3. The van der Waals surface area contributed by atoms with Crippen LogP contribution in [-0.2, 0) is 15.9 Å². The van der Waals surface area contributed by atoms with Gasteiger partial charge in [0.15, 0.2) is 0 Å². The van der Waals surface area contributed by atoms with Crippen LogP contribution in [0.15, 0.2) is 58.3 Å². The molecule has 0 saturated carbocycles. The Hall–Kier alpha value is -2.39. The molecular weight excluding hydrogens is 493 g/mol. The van der Waals surface area contributed by atoms with Crippen molar-refractivity contribution in [1.29, 1.82) is 0 Å². The van der Waals surface area contributed by atoms with E-state index in [2.05, 4.69) is 63.0 Å². The van der Waals surface area contributed by atoms with Crippen LogP contribution in [0, 0.1) is 6.92 Å². The van der Waals surface area contributed by atoms with Gasteiger partial charge in [-0.25, -0.2) is 9.46 Å². The smallest absolute Gasteiger partial charge is 0.330 e. The number of benzene rings is 2. The lowest BCUT2D eigenvalue weighted by Gasteiger charge is -2.32. The van der Waals surface area contributed by atoms with Crippen LogP contribution in [0.3, 0.4) is 0 Å². The van der Waals surface area contributed by atoms with Crippen molar-refractivity contribution in [2.75, 3.05) is 6.61 Å². The van der Waals surface area contributed by atoms with Gasteiger partial charge in [-0.1, -0.05) is 36.4 Å². The number of rotatable bonds is 8. The Labute approximate surface area is 218 Å². The monoisotopic (exact) mass is 531 g/mol. The van der Waals surface area contributed by atoms with Crippen molar-refractivity contribution in [3.8, 4) is 0 Å². The van der Waals surface area contributed by atoms with Crippen molar-refractivity contribution in [2.45, 2.75) is 78.5 Å². The molecule has 202 valence electrons. The molecule has 1 unspecified atom stereocenters. The maximum absolute atomic E-state index is 11.5. The van der Waals surface area contributed by atoms with E-state index in [0.29, 0.717) is 25.0 Å². The van der Waals surface area contributed by atoms with Crippen LogP contribution < -0.4 is 11.2 Å². The van der Waals surface area contributed by atoms with Crippen LogP contribution in [-0.4, -0.2) is 49.0 Å². The van der Waals surface area contributed by atoms with Gasteiger partial charge in [0.25, 0.3) is 14.1 Å². The van der Waals surface area contributed by atoms with E-state index in [1.807, 2.05) is 16.8 Å². The fourth-order valence-corrected chi connectivity index (χ4v) is 5.53. The van der Waals surface area contributed by atoms with Gasteiger partial charge in [-0.15, -0.1) is 0 Å². The van der Waals surface area contributed by atoms with E-state index >= 15 is 0 Å². The number of aromatic nitrogens is 2. The summed E-state index contributed by atoms with van der Waals surface area (Å²) in [6.45, 7) is 10.3. The highest BCUT2D eigenvalue weighted by Gasteiger charge is 2.27. The van der Waals surface area contributed by atoms with Crippen molar-refractivity contribution >= 4 is 19.3 Å². The molecule has 0 spiro atoms. The van der Waals surface area contributed by atoms with Gasteiger partial charge in [-0.3, -0.25) is 14.3 Å². The van der Waals surface area contributed by atoms with Crippen molar-refractivity contribution in [3.05, 3.63) is 80.6 Å². The summed E-state index contributed by atoms with van der Waals surface area (Å²) in [4.78, 5) is 35.2. The van der Waals surface area contributed by atoms with Crippen molar-refractivity contribution in [1.82, 2.24) is 14.2 Å². The predicted octanol–water partition coefficient (Wildman–Crippen LogP) is 4.21. The average Bonchev–Trinajstić information content (AvgIpc) is 3.34. The van der Waals surface area contributed by atoms with Crippen molar-refractivity contribution in [3.63, 3.8) is 0 Å². The van der Waals surface area contributed by atoms with Crippen LogP contribution in [0.1, 0.15) is 57.9 Å². The van der Waals surface area contributed by atoms with Crippen LogP contribution in [0.2, 0.25) is 0 Å². The fourth-order valence-electron chi connectivity index (χ4n) is 4.34. The molecule has 0 bridgehead atoms. The number of nitrogens with zero attached hydrogens (tertiary/aromatic N) is 2. The molecule has 2 heterocycles. The number of nitrogens with one attached hydrogen (secondary N) is 1. The molecule has 1 saturated heterocycles. The molecule has 1 aromatic heterocycles. The minimum atomic E-state index is -1.56. The first-order chi connectivity index (χ1) is 17.6. The molecule has 37 heavy (non-hydrogen) atoms. The second-order valence-electron chi connectivity index (χ2n) is 9.73. The van der Waals surface area contributed by atoms with E-state index in [-0.39, 0.29) is 36.6 Å². The Morgan fingerprint density at radius 2 is 1.78 bits per heavy atom. The van der Waals surface area contributed by atoms with Crippen LogP contribution in [0.4, 0.5) is 0 Å². The van der Waals surface area contributed by atoms with Gasteiger partial charge < -0.3 is 19.3 Å². The summed E-state index contributed by atoms with van der Waals surface area (Å²) in [6.07, 6.45) is 2.26. The average molecular weight is 532 g/mol. The Morgan fingerprint density at radius 3 is 2.41 bits per heavy atom. The maximum atomic E-state index is 11.5. The summed E-state index contributed by atoms with van der Waals surface area (Å²) in [7, 11) is -1.56. The Balaban J connectivity index is 0.000000213. The van der Waals surface area contributed by atoms with Crippen LogP contribution in [0.5, 0.6) is 0 Å². The molecule has 0 radical (unpaired) electrons. The molecule has 0 aliphatic carbocycles. The van der Waals surface area contributed by atoms with E-state index in [4.69, 9.17) is 14.4 Å². The number of aliphatic hydroxyl groups excluding tert-OH is 1. The first-order valence-corrected chi connectivity index (χ1v) is 13.7. The van der Waals surface area contributed by atoms with Crippen LogP contribution >= 0.6 is 8.53 Å². The topological polar surface area (TPSA) is 117 Å². The number of aryl methyl sites for hydroxylation is 1. The molecule has 1 fully saturated rings. The summed E-state index contributed by atoms with van der Waals surface area (Å²) in [6, 6.07) is 15.0. The first kappa shape index (κ1) is 29.2. The van der Waals surface area contributed by atoms with Crippen LogP contribution in [0.25, 0.3) is 10.8 Å². The number of aliphatic hydroxyl groups is 1. The number of hydrogen-bond donors (Lipinski definition) is 3. The zero-order chi connectivity index (χ0) is 27.1. The van der Waals surface area contributed by atoms with E-state index in [0.717, 1.165) is 5.56 Å². The Morgan fingerprint density at radius 1 is 1.11 bits per heavy atom. The largest absolute Gasteiger partial charge is 0.394 e. The van der Waals surface area contributed by atoms with Crippen molar-refractivity contribution < 1.29 is 19.3 Å². The molecule has 10 heteroatoms. The third kappa shape index (κ3) is 7.80. The molecule has 1 aliphatic heterocycles. The van der Waals surface area contributed by atoms with Gasteiger partial charge in [0, 0.05) is 23.8 Å². The Bertz CT molecular complexity index is 1270. The quantitative estimate of drug-likeness (QED) is 0.373.